The maximum atomic E-state index is 6.53. The zero-order chi connectivity index (χ0) is 16.5. The molecule has 2 nitrogen and oxygen atoms in total. The van der Waals surface area contributed by atoms with Crippen LogP contribution in [0.2, 0.25) is 10.0 Å². The van der Waals surface area contributed by atoms with Crippen molar-refractivity contribution in [2.75, 3.05) is 0 Å². The highest BCUT2D eigenvalue weighted by Crippen LogP contribution is 2.39. The van der Waals surface area contributed by atoms with Crippen molar-refractivity contribution in [3.8, 4) is 11.1 Å². The Morgan fingerprint density at radius 2 is 1.62 bits per heavy atom. The zero-order valence-electron chi connectivity index (χ0n) is 13.3. The Morgan fingerprint density at radius 1 is 0.833 bits per heavy atom. The molecule has 0 radical (unpaired) electrons. The summed E-state index contributed by atoms with van der Waals surface area (Å²) < 4.78 is 0. The number of hydrogen-bond acceptors (Lipinski definition) is 2. The van der Waals surface area contributed by atoms with E-state index >= 15 is 0 Å². The molecule has 0 aliphatic heterocycles. The minimum absolute atomic E-state index is 0.518. The molecule has 0 unspecified atom stereocenters. The molecule has 3 aromatic rings. The number of benzene rings is 2. The van der Waals surface area contributed by atoms with E-state index in [9.17, 15) is 0 Å². The third-order valence-electron chi connectivity index (χ3n) is 4.91. The molecule has 4 heteroatoms. The second-order valence-electron chi connectivity index (χ2n) is 6.42. The van der Waals surface area contributed by atoms with Gasteiger partial charge in [0.25, 0.3) is 0 Å². The number of hydrogen-bond donors (Lipinski definition) is 0. The van der Waals surface area contributed by atoms with Gasteiger partial charge in [0, 0.05) is 27.5 Å². The molecule has 1 fully saturated rings. The minimum atomic E-state index is 0.518. The zero-order valence-corrected chi connectivity index (χ0v) is 14.8. The minimum Gasteiger partial charge on any atom is -0.240 e. The van der Waals surface area contributed by atoms with Gasteiger partial charge >= 0.3 is 0 Å². The van der Waals surface area contributed by atoms with E-state index in [0.29, 0.717) is 16.0 Å². The number of fused-ring (bicyclic) bond motifs is 1. The van der Waals surface area contributed by atoms with Crippen molar-refractivity contribution < 1.29 is 0 Å². The van der Waals surface area contributed by atoms with Crippen molar-refractivity contribution in [2.45, 2.75) is 38.0 Å². The lowest BCUT2D eigenvalue weighted by molar-refractivity contribution is 0.438. The lowest BCUT2D eigenvalue weighted by Crippen LogP contribution is -2.07. The Labute approximate surface area is 151 Å². The molecule has 0 atom stereocenters. The molecule has 2 aromatic carbocycles. The van der Waals surface area contributed by atoms with Crippen LogP contribution in [-0.2, 0) is 0 Å². The van der Waals surface area contributed by atoms with Crippen LogP contribution in [0, 0.1) is 0 Å². The van der Waals surface area contributed by atoms with Gasteiger partial charge in [0.1, 0.15) is 6.33 Å². The SMILES string of the molecule is Clc1ccccc1-c1cc2c(C3CCCCC3)ncnc2cc1Cl. The Kier molecular flexibility index (Phi) is 4.43. The van der Waals surface area contributed by atoms with Crippen LogP contribution in [0.25, 0.3) is 22.0 Å². The predicted octanol–water partition coefficient (Wildman–Crippen LogP) is 6.65. The Hall–Kier alpha value is -1.64. The topological polar surface area (TPSA) is 25.8 Å². The van der Waals surface area contributed by atoms with Gasteiger partial charge in [-0.1, -0.05) is 60.7 Å². The van der Waals surface area contributed by atoms with Crippen molar-refractivity contribution in [1.29, 1.82) is 0 Å². The second-order valence-corrected chi connectivity index (χ2v) is 7.24. The van der Waals surface area contributed by atoms with Crippen LogP contribution >= 0.6 is 23.2 Å². The fourth-order valence-electron chi connectivity index (χ4n) is 3.68. The van der Waals surface area contributed by atoms with E-state index in [0.717, 1.165) is 27.7 Å². The van der Waals surface area contributed by atoms with Gasteiger partial charge in [-0.05, 0) is 31.0 Å². The molecule has 1 aliphatic rings. The molecule has 1 aliphatic carbocycles. The van der Waals surface area contributed by atoms with E-state index in [-0.39, 0.29) is 0 Å². The average Bonchev–Trinajstić information content (AvgIpc) is 2.62. The number of rotatable bonds is 2. The van der Waals surface area contributed by atoms with Gasteiger partial charge in [0.05, 0.1) is 16.2 Å². The standard InChI is InChI=1S/C20H18Cl2N2/c21-17-9-5-4-8-14(17)15-10-16-19(11-18(15)22)23-12-24-20(16)13-6-2-1-3-7-13/h4-5,8-13H,1-3,6-7H2. The summed E-state index contributed by atoms with van der Waals surface area (Å²) in [6, 6.07) is 11.8. The first-order valence-corrected chi connectivity index (χ1v) is 9.18. The van der Waals surface area contributed by atoms with Gasteiger partial charge < -0.3 is 0 Å². The molecule has 122 valence electrons. The largest absolute Gasteiger partial charge is 0.240 e. The highest BCUT2D eigenvalue weighted by atomic mass is 35.5. The van der Waals surface area contributed by atoms with Crippen LogP contribution in [0.1, 0.15) is 43.7 Å². The molecule has 1 aromatic heterocycles. The van der Waals surface area contributed by atoms with Gasteiger partial charge in [0.2, 0.25) is 0 Å². The molecule has 24 heavy (non-hydrogen) atoms. The fourth-order valence-corrected chi connectivity index (χ4v) is 4.18. The molecule has 0 spiro atoms. The summed E-state index contributed by atoms with van der Waals surface area (Å²) in [5, 5.41) is 2.47. The third-order valence-corrected chi connectivity index (χ3v) is 5.55. The molecule has 0 saturated heterocycles. The van der Waals surface area contributed by atoms with Crippen LogP contribution < -0.4 is 0 Å². The van der Waals surface area contributed by atoms with Crippen molar-refractivity contribution in [3.63, 3.8) is 0 Å². The van der Waals surface area contributed by atoms with Crippen LogP contribution in [0.5, 0.6) is 0 Å². The van der Waals surface area contributed by atoms with Gasteiger partial charge in [-0.3, -0.25) is 0 Å². The molecule has 1 saturated carbocycles. The van der Waals surface area contributed by atoms with Gasteiger partial charge in [-0.15, -0.1) is 0 Å². The normalized spacial score (nSPS) is 15.8. The van der Waals surface area contributed by atoms with Crippen molar-refractivity contribution >= 4 is 34.1 Å². The number of nitrogens with zero attached hydrogens (tertiary/aromatic N) is 2. The quantitative estimate of drug-likeness (QED) is 0.513. The van der Waals surface area contributed by atoms with Gasteiger partial charge in [-0.25, -0.2) is 9.97 Å². The summed E-state index contributed by atoms with van der Waals surface area (Å²) in [6.07, 6.45) is 7.96. The lowest BCUT2D eigenvalue weighted by atomic mass is 9.85. The Bertz CT molecular complexity index is 886. The first-order chi connectivity index (χ1) is 11.7. The second kappa shape index (κ2) is 6.70. The van der Waals surface area contributed by atoms with E-state index in [1.807, 2.05) is 30.3 Å². The smallest absolute Gasteiger partial charge is 0.116 e. The molecule has 1 heterocycles. The van der Waals surface area contributed by atoms with E-state index in [1.54, 1.807) is 6.33 Å². The molecule has 0 bridgehead atoms. The molecule has 4 rings (SSSR count). The highest BCUT2D eigenvalue weighted by molar-refractivity contribution is 6.37. The lowest BCUT2D eigenvalue weighted by Gasteiger charge is -2.22. The van der Waals surface area contributed by atoms with Crippen LogP contribution in [0.3, 0.4) is 0 Å². The Morgan fingerprint density at radius 3 is 2.42 bits per heavy atom. The molecule has 0 N–H and O–H groups in total. The van der Waals surface area contributed by atoms with Crippen LogP contribution in [0.15, 0.2) is 42.7 Å². The van der Waals surface area contributed by atoms with Crippen molar-refractivity contribution in [3.05, 3.63) is 58.5 Å². The molecule has 0 amide bonds. The van der Waals surface area contributed by atoms with Crippen LogP contribution in [0.4, 0.5) is 0 Å². The van der Waals surface area contributed by atoms with Crippen molar-refractivity contribution in [1.82, 2.24) is 9.97 Å². The highest BCUT2D eigenvalue weighted by Gasteiger charge is 2.20. The molecular weight excluding hydrogens is 339 g/mol. The van der Waals surface area contributed by atoms with Crippen molar-refractivity contribution in [2.24, 2.45) is 0 Å². The third kappa shape index (κ3) is 2.89. The summed E-state index contributed by atoms with van der Waals surface area (Å²) in [4.78, 5) is 9.06. The fraction of sp³-hybridized carbons (Fsp3) is 0.300. The Balaban J connectivity index is 1.90. The summed E-state index contributed by atoms with van der Waals surface area (Å²) in [6.45, 7) is 0. The average molecular weight is 357 g/mol. The number of aromatic nitrogens is 2. The summed E-state index contributed by atoms with van der Waals surface area (Å²) in [5.74, 6) is 0.518. The molecular formula is C20H18Cl2N2. The van der Waals surface area contributed by atoms with E-state index < -0.39 is 0 Å². The maximum absolute atomic E-state index is 6.53. The first-order valence-electron chi connectivity index (χ1n) is 8.43. The van der Waals surface area contributed by atoms with E-state index in [2.05, 4.69) is 16.0 Å². The van der Waals surface area contributed by atoms with Crippen LogP contribution in [-0.4, -0.2) is 9.97 Å². The van der Waals surface area contributed by atoms with Gasteiger partial charge in [-0.2, -0.15) is 0 Å². The summed E-state index contributed by atoms with van der Waals surface area (Å²) in [5.41, 5.74) is 3.96. The number of halogens is 2. The predicted molar refractivity (Wildman–Crippen MR) is 101 cm³/mol. The first kappa shape index (κ1) is 15.9. The van der Waals surface area contributed by atoms with Gasteiger partial charge in [0.15, 0.2) is 0 Å². The monoisotopic (exact) mass is 356 g/mol. The van der Waals surface area contributed by atoms with E-state index in [4.69, 9.17) is 23.2 Å². The van der Waals surface area contributed by atoms with E-state index in [1.165, 1.54) is 32.1 Å². The maximum Gasteiger partial charge on any atom is 0.116 e. The summed E-state index contributed by atoms with van der Waals surface area (Å²) in [7, 11) is 0. The summed E-state index contributed by atoms with van der Waals surface area (Å²) >= 11 is 12.9.